The van der Waals surface area contributed by atoms with Crippen molar-refractivity contribution in [2.45, 2.75) is 77.0 Å². The molecule has 2 aromatic carbocycles. The molecule has 1 saturated carbocycles. The van der Waals surface area contributed by atoms with Crippen LogP contribution in [-0.4, -0.2) is 40.7 Å². The average molecular weight is 541 g/mol. The molecule has 3 aliphatic rings. The van der Waals surface area contributed by atoms with E-state index in [1.54, 1.807) is 7.11 Å². The summed E-state index contributed by atoms with van der Waals surface area (Å²) >= 11 is 0. The van der Waals surface area contributed by atoms with Crippen molar-refractivity contribution >= 4 is 5.97 Å². The van der Waals surface area contributed by atoms with Gasteiger partial charge in [-0.3, -0.25) is 9.69 Å². The Morgan fingerprint density at radius 1 is 1.12 bits per heavy atom. The van der Waals surface area contributed by atoms with E-state index in [-0.39, 0.29) is 12.0 Å². The van der Waals surface area contributed by atoms with Gasteiger partial charge in [0, 0.05) is 24.8 Å². The van der Waals surface area contributed by atoms with E-state index in [2.05, 4.69) is 59.3 Å². The number of ether oxygens (including phenoxy) is 2. The van der Waals surface area contributed by atoms with Gasteiger partial charge >= 0.3 is 5.97 Å². The second kappa shape index (κ2) is 11.2. The van der Waals surface area contributed by atoms with Crippen LogP contribution in [0.2, 0.25) is 0 Å². The van der Waals surface area contributed by atoms with Crippen LogP contribution in [0.3, 0.4) is 0 Å². The summed E-state index contributed by atoms with van der Waals surface area (Å²) in [7, 11) is 1.65. The SMILES string of the molecule is COc1cc(-c2ccc(C3CCc4ccc([C@H](C5CC5)[C@H](C)C(=O)O)cc4O3)cc2CN2CCC[C@H]2C)ccn1. The Kier molecular flexibility index (Phi) is 7.54. The molecule has 1 unspecified atom stereocenters. The minimum atomic E-state index is -0.722. The zero-order valence-electron chi connectivity index (χ0n) is 23.8. The summed E-state index contributed by atoms with van der Waals surface area (Å²) < 4.78 is 12.1. The van der Waals surface area contributed by atoms with Gasteiger partial charge in [0.05, 0.1) is 13.0 Å². The number of hydrogen-bond donors (Lipinski definition) is 1. The zero-order valence-corrected chi connectivity index (χ0v) is 23.8. The number of benzene rings is 2. The van der Waals surface area contributed by atoms with Crippen molar-refractivity contribution in [3.63, 3.8) is 0 Å². The molecule has 210 valence electrons. The van der Waals surface area contributed by atoms with E-state index in [1.807, 2.05) is 19.2 Å². The average Bonchev–Trinajstić information content (AvgIpc) is 3.73. The highest BCUT2D eigenvalue weighted by molar-refractivity contribution is 5.71. The lowest BCUT2D eigenvalue weighted by molar-refractivity contribution is -0.142. The van der Waals surface area contributed by atoms with Gasteiger partial charge in [0.1, 0.15) is 11.9 Å². The van der Waals surface area contributed by atoms with Crippen molar-refractivity contribution in [2.24, 2.45) is 11.8 Å². The summed E-state index contributed by atoms with van der Waals surface area (Å²) in [5, 5.41) is 9.75. The number of fused-ring (bicyclic) bond motifs is 1. The van der Waals surface area contributed by atoms with E-state index >= 15 is 0 Å². The zero-order chi connectivity index (χ0) is 27.8. The fourth-order valence-electron chi connectivity index (χ4n) is 6.77. The summed E-state index contributed by atoms with van der Waals surface area (Å²) in [5.74, 6) is 0.900. The van der Waals surface area contributed by atoms with Gasteiger partial charge in [0.15, 0.2) is 0 Å². The number of nitrogens with zero attached hydrogens (tertiary/aromatic N) is 2. The molecule has 6 heteroatoms. The van der Waals surface area contributed by atoms with Gasteiger partial charge in [0.25, 0.3) is 0 Å². The Morgan fingerprint density at radius 2 is 1.98 bits per heavy atom. The molecule has 6 nitrogen and oxygen atoms in total. The third-order valence-electron chi connectivity index (χ3n) is 9.30. The maximum absolute atomic E-state index is 11.9. The van der Waals surface area contributed by atoms with E-state index < -0.39 is 11.9 Å². The molecule has 3 aromatic rings. The molecule has 40 heavy (non-hydrogen) atoms. The number of carboxylic acid groups (broad SMARTS) is 1. The Hall–Kier alpha value is -3.38. The lowest BCUT2D eigenvalue weighted by atomic mass is 9.82. The Morgan fingerprint density at radius 3 is 2.70 bits per heavy atom. The summed E-state index contributed by atoms with van der Waals surface area (Å²) in [6.45, 7) is 6.19. The second-order valence-electron chi connectivity index (χ2n) is 12.0. The van der Waals surface area contributed by atoms with Crippen molar-refractivity contribution < 1.29 is 19.4 Å². The predicted molar refractivity (Wildman–Crippen MR) is 156 cm³/mol. The largest absolute Gasteiger partial charge is 0.485 e. The van der Waals surface area contributed by atoms with E-state index in [1.165, 1.54) is 35.1 Å². The first-order chi connectivity index (χ1) is 19.4. The van der Waals surface area contributed by atoms with Crippen LogP contribution in [0.15, 0.2) is 54.7 Å². The molecule has 1 saturated heterocycles. The number of aromatic nitrogens is 1. The monoisotopic (exact) mass is 540 g/mol. The first-order valence-corrected chi connectivity index (χ1v) is 14.8. The van der Waals surface area contributed by atoms with Gasteiger partial charge in [-0.15, -0.1) is 0 Å². The Labute approximate surface area is 237 Å². The van der Waals surface area contributed by atoms with E-state index in [4.69, 9.17) is 9.47 Å². The smallest absolute Gasteiger partial charge is 0.306 e. The van der Waals surface area contributed by atoms with E-state index in [0.29, 0.717) is 17.8 Å². The van der Waals surface area contributed by atoms with Crippen molar-refractivity contribution in [3.05, 3.63) is 77.0 Å². The number of likely N-dealkylation sites (tertiary alicyclic amines) is 1. The third-order valence-corrected chi connectivity index (χ3v) is 9.30. The first-order valence-electron chi connectivity index (χ1n) is 14.8. The van der Waals surface area contributed by atoms with Crippen LogP contribution in [0, 0.1) is 11.8 Å². The normalized spacial score (nSPS) is 22.3. The van der Waals surface area contributed by atoms with E-state index in [9.17, 15) is 9.90 Å². The molecule has 0 radical (unpaired) electrons. The van der Waals surface area contributed by atoms with Gasteiger partial charge in [-0.2, -0.15) is 0 Å². The number of aryl methyl sites for hydroxylation is 1. The lowest BCUT2D eigenvalue weighted by Crippen LogP contribution is -2.26. The third kappa shape index (κ3) is 5.46. The molecular formula is C34H40N2O4. The van der Waals surface area contributed by atoms with Crippen molar-refractivity contribution in [1.29, 1.82) is 0 Å². The molecule has 0 amide bonds. The molecule has 3 heterocycles. The summed E-state index contributed by atoms with van der Waals surface area (Å²) in [6, 6.07) is 17.8. The van der Waals surface area contributed by atoms with Crippen LogP contribution in [0.5, 0.6) is 11.6 Å². The maximum atomic E-state index is 11.9. The number of carboxylic acids is 1. The maximum Gasteiger partial charge on any atom is 0.306 e. The number of aliphatic carboxylic acids is 1. The first kappa shape index (κ1) is 26.8. The molecule has 0 bridgehead atoms. The highest BCUT2D eigenvalue weighted by atomic mass is 16.5. The lowest BCUT2D eigenvalue weighted by Gasteiger charge is -2.30. The van der Waals surface area contributed by atoms with Gasteiger partial charge in [-0.1, -0.05) is 37.3 Å². The molecular weight excluding hydrogens is 500 g/mol. The number of carbonyl (C=O) groups is 1. The van der Waals surface area contributed by atoms with Crippen LogP contribution in [0.4, 0.5) is 0 Å². The fourth-order valence-corrected chi connectivity index (χ4v) is 6.77. The van der Waals surface area contributed by atoms with Crippen LogP contribution in [-0.2, 0) is 17.8 Å². The number of pyridine rings is 1. The molecule has 2 fully saturated rings. The predicted octanol–water partition coefficient (Wildman–Crippen LogP) is 7.02. The summed E-state index contributed by atoms with van der Waals surface area (Å²) in [6.07, 6.45) is 8.35. The minimum Gasteiger partial charge on any atom is -0.485 e. The van der Waals surface area contributed by atoms with Crippen LogP contribution in [0.1, 0.15) is 80.2 Å². The standard InChI is InChI=1S/C34H40N2O4/c1-21-5-4-16-36(21)20-28-17-26(10-12-29(28)25-14-15-35-32(19-25)39-3)30-13-11-23-6-9-27(18-31(23)40-30)33(24-7-8-24)22(2)34(37)38/h6,9-10,12,14-15,17-19,21-22,24,30,33H,4-5,7-8,11,13,16,20H2,1-3H3,(H,37,38)/t21-,22+,30?,33+/m1/s1. The van der Waals surface area contributed by atoms with Crippen LogP contribution >= 0.6 is 0 Å². The minimum absolute atomic E-state index is 0.0326. The van der Waals surface area contributed by atoms with Gasteiger partial charge in [-0.25, -0.2) is 4.98 Å². The number of hydrogen-bond acceptors (Lipinski definition) is 5. The molecule has 4 atom stereocenters. The highest BCUT2D eigenvalue weighted by Crippen LogP contribution is 2.48. The number of methoxy groups -OCH3 is 1. The van der Waals surface area contributed by atoms with Crippen molar-refractivity contribution in [3.8, 4) is 22.8 Å². The Balaban J connectivity index is 1.30. The van der Waals surface area contributed by atoms with E-state index in [0.717, 1.165) is 55.6 Å². The van der Waals surface area contributed by atoms with Crippen LogP contribution < -0.4 is 9.47 Å². The molecule has 2 aliphatic heterocycles. The topological polar surface area (TPSA) is 71.9 Å². The van der Waals surface area contributed by atoms with Crippen LogP contribution in [0.25, 0.3) is 11.1 Å². The van der Waals surface area contributed by atoms with Gasteiger partial charge < -0.3 is 14.6 Å². The van der Waals surface area contributed by atoms with Gasteiger partial charge in [-0.05, 0) is 109 Å². The number of rotatable bonds is 9. The quantitative estimate of drug-likeness (QED) is 0.314. The van der Waals surface area contributed by atoms with Crippen molar-refractivity contribution in [1.82, 2.24) is 9.88 Å². The second-order valence-corrected chi connectivity index (χ2v) is 12.0. The molecule has 6 rings (SSSR count). The van der Waals surface area contributed by atoms with Crippen molar-refractivity contribution in [2.75, 3.05) is 13.7 Å². The summed E-state index contributed by atoms with van der Waals surface area (Å²) in [5.41, 5.74) is 7.12. The molecule has 1 aliphatic carbocycles. The Bertz CT molecular complexity index is 1380. The molecule has 1 N–H and O–H groups in total. The summed E-state index contributed by atoms with van der Waals surface area (Å²) in [4.78, 5) is 18.8. The molecule has 1 aromatic heterocycles. The van der Waals surface area contributed by atoms with Gasteiger partial charge in [0.2, 0.25) is 5.88 Å². The highest BCUT2D eigenvalue weighted by Gasteiger charge is 2.39. The fraction of sp³-hybridized carbons (Fsp3) is 0.471. The molecule has 0 spiro atoms.